The van der Waals surface area contributed by atoms with Crippen LogP contribution in [0.3, 0.4) is 0 Å². The fourth-order valence-electron chi connectivity index (χ4n) is 3.45. The second kappa shape index (κ2) is 8.19. The first-order valence-electron chi connectivity index (χ1n) is 9.36. The second-order valence-corrected chi connectivity index (χ2v) is 7.46. The Kier molecular flexibility index (Phi) is 5.89. The van der Waals surface area contributed by atoms with Crippen molar-refractivity contribution in [3.63, 3.8) is 0 Å². The van der Waals surface area contributed by atoms with Gasteiger partial charge in [0.2, 0.25) is 0 Å². The molecular formula is C22H26F2N2O2. The van der Waals surface area contributed by atoms with Crippen molar-refractivity contribution >= 4 is 17.1 Å². The van der Waals surface area contributed by atoms with Gasteiger partial charge in [-0.05, 0) is 62.1 Å². The van der Waals surface area contributed by atoms with E-state index < -0.39 is 17.2 Å². The van der Waals surface area contributed by atoms with Crippen LogP contribution in [0.4, 0.5) is 20.2 Å². The maximum absolute atomic E-state index is 13.5. The smallest absolute Gasteiger partial charge is 0.160 e. The van der Waals surface area contributed by atoms with E-state index in [9.17, 15) is 13.9 Å². The molecule has 1 atom stereocenters. The number of halogens is 2. The summed E-state index contributed by atoms with van der Waals surface area (Å²) >= 11 is 0. The Hall–Kier alpha value is -2.60. The standard InChI is InChI=1S/C22H26F2N2O2/c1-15(25-17-6-7-18(23)19(24)14-17)16-5-8-21(28-3)20(13-16)26-11-4-9-22(2,27)10-12-26/h5-8,13-14,25,27H,1,4,9-12H2,2-3H3. The number of aliphatic hydroxyl groups is 1. The van der Waals surface area contributed by atoms with Gasteiger partial charge in [-0.1, -0.05) is 6.58 Å². The summed E-state index contributed by atoms with van der Waals surface area (Å²) < 4.78 is 32.1. The maximum Gasteiger partial charge on any atom is 0.160 e. The quantitative estimate of drug-likeness (QED) is 0.773. The Balaban J connectivity index is 1.83. The fourth-order valence-corrected chi connectivity index (χ4v) is 3.45. The van der Waals surface area contributed by atoms with Crippen molar-refractivity contribution in [3.8, 4) is 5.75 Å². The number of benzene rings is 2. The molecule has 3 rings (SSSR count). The molecule has 6 heteroatoms. The molecule has 1 aliphatic rings. The van der Waals surface area contributed by atoms with Crippen molar-refractivity contribution in [1.82, 2.24) is 0 Å². The third-order valence-electron chi connectivity index (χ3n) is 5.15. The largest absolute Gasteiger partial charge is 0.495 e. The number of anilines is 2. The molecule has 2 aromatic carbocycles. The number of rotatable bonds is 5. The number of ether oxygens (including phenoxy) is 1. The third kappa shape index (κ3) is 4.62. The lowest BCUT2D eigenvalue weighted by molar-refractivity contribution is 0.0481. The molecule has 0 saturated carbocycles. The zero-order chi connectivity index (χ0) is 20.3. The van der Waals surface area contributed by atoms with Crippen molar-refractivity contribution in [1.29, 1.82) is 0 Å². The number of hydrogen-bond donors (Lipinski definition) is 2. The Bertz CT molecular complexity index is 868. The van der Waals surface area contributed by atoms with Crippen LogP contribution >= 0.6 is 0 Å². The van der Waals surface area contributed by atoms with Crippen LogP contribution in [0.5, 0.6) is 5.75 Å². The van der Waals surface area contributed by atoms with E-state index in [1.807, 2.05) is 25.1 Å². The summed E-state index contributed by atoms with van der Waals surface area (Å²) in [5.74, 6) is -1.06. The topological polar surface area (TPSA) is 44.7 Å². The lowest BCUT2D eigenvalue weighted by atomic mass is 9.98. The third-order valence-corrected chi connectivity index (χ3v) is 5.15. The summed E-state index contributed by atoms with van der Waals surface area (Å²) in [6.07, 6.45) is 2.32. The molecule has 1 heterocycles. The summed E-state index contributed by atoms with van der Waals surface area (Å²) in [5, 5.41) is 13.4. The minimum absolute atomic E-state index is 0.423. The molecule has 0 aromatic heterocycles. The van der Waals surface area contributed by atoms with Crippen LogP contribution in [0.15, 0.2) is 43.0 Å². The molecule has 0 amide bonds. The number of hydrogen-bond acceptors (Lipinski definition) is 4. The molecule has 28 heavy (non-hydrogen) atoms. The first-order chi connectivity index (χ1) is 13.3. The lowest BCUT2D eigenvalue weighted by Crippen LogP contribution is -2.28. The molecular weight excluding hydrogens is 362 g/mol. The van der Waals surface area contributed by atoms with Gasteiger partial charge >= 0.3 is 0 Å². The first kappa shape index (κ1) is 20.1. The molecule has 0 radical (unpaired) electrons. The van der Waals surface area contributed by atoms with Crippen LogP contribution < -0.4 is 15.0 Å². The van der Waals surface area contributed by atoms with Gasteiger partial charge in [0.15, 0.2) is 11.6 Å². The van der Waals surface area contributed by atoms with Crippen molar-refractivity contribution in [3.05, 3.63) is 60.2 Å². The average molecular weight is 388 g/mol. The van der Waals surface area contributed by atoms with Crippen molar-refractivity contribution in [2.75, 3.05) is 30.4 Å². The zero-order valence-corrected chi connectivity index (χ0v) is 16.3. The molecule has 1 aliphatic heterocycles. The molecule has 4 nitrogen and oxygen atoms in total. The monoisotopic (exact) mass is 388 g/mol. The molecule has 1 saturated heterocycles. The maximum atomic E-state index is 13.5. The Morgan fingerprint density at radius 3 is 2.64 bits per heavy atom. The van der Waals surface area contributed by atoms with Crippen molar-refractivity contribution in [2.45, 2.75) is 31.8 Å². The Labute approximate surface area is 164 Å². The molecule has 0 aliphatic carbocycles. The second-order valence-electron chi connectivity index (χ2n) is 7.46. The van der Waals surface area contributed by atoms with E-state index in [0.29, 0.717) is 17.8 Å². The highest BCUT2D eigenvalue weighted by atomic mass is 19.2. The van der Waals surface area contributed by atoms with E-state index >= 15 is 0 Å². The van der Waals surface area contributed by atoms with Gasteiger partial charge in [0.1, 0.15) is 5.75 Å². The van der Waals surface area contributed by atoms with Gasteiger partial charge in [-0.3, -0.25) is 0 Å². The van der Waals surface area contributed by atoms with Gasteiger partial charge in [0.25, 0.3) is 0 Å². The minimum Gasteiger partial charge on any atom is -0.495 e. The number of nitrogens with zero attached hydrogens (tertiary/aromatic N) is 1. The van der Waals surface area contributed by atoms with Crippen molar-refractivity contribution in [2.24, 2.45) is 0 Å². The van der Waals surface area contributed by atoms with Crippen LogP contribution in [0.2, 0.25) is 0 Å². The summed E-state index contributed by atoms with van der Waals surface area (Å²) in [4.78, 5) is 2.20. The van der Waals surface area contributed by atoms with E-state index in [2.05, 4.69) is 16.8 Å². The zero-order valence-electron chi connectivity index (χ0n) is 16.3. The van der Waals surface area contributed by atoms with Crippen LogP contribution in [0.25, 0.3) is 5.70 Å². The summed E-state index contributed by atoms with van der Waals surface area (Å²) in [6, 6.07) is 9.34. The summed E-state index contributed by atoms with van der Waals surface area (Å²) in [6.45, 7) is 7.44. The van der Waals surface area contributed by atoms with E-state index in [4.69, 9.17) is 4.74 Å². The summed E-state index contributed by atoms with van der Waals surface area (Å²) in [5.41, 5.74) is 2.07. The predicted molar refractivity (Wildman–Crippen MR) is 109 cm³/mol. The van der Waals surface area contributed by atoms with Gasteiger partial charge in [-0.15, -0.1) is 0 Å². The van der Waals surface area contributed by atoms with Gasteiger partial charge in [0, 0.05) is 30.5 Å². The van der Waals surface area contributed by atoms with Crippen LogP contribution in [0.1, 0.15) is 31.7 Å². The SMILES string of the molecule is C=C(Nc1ccc(F)c(F)c1)c1ccc(OC)c(N2CCCC(C)(O)CC2)c1. The molecule has 1 fully saturated rings. The van der Waals surface area contributed by atoms with E-state index in [-0.39, 0.29) is 0 Å². The summed E-state index contributed by atoms with van der Waals surface area (Å²) in [7, 11) is 1.63. The highest BCUT2D eigenvalue weighted by molar-refractivity contribution is 5.78. The van der Waals surface area contributed by atoms with E-state index in [1.165, 1.54) is 6.07 Å². The van der Waals surface area contributed by atoms with E-state index in [1.54, 1.807) is 7.11 Å². The molecule has 0 bridgehead atoms. The van der Waals surface area contributed by atoms with Gasteiger partial charge in [-0.25, -0.2) is 8.78 Å². The highest BCUT2D eigenvalue weighted by Crippen LogP contribution is 2.34. The van der Waals surface area contributed by atoms with Gasteiger partial charge < -0.3 is 20.1 Å². The van der Waals surface area contributed by atoms with Crippen molar-refractivity contribution < 1.29 is 18.6 Å². The molecule has 2 N–H and O–H groups in total. The molecule has 2 aromatic rings. The molecule has 1 unspecified atom stereocenters. The average Bonchev–Trinajstić information content (AvgIpc) is 2.84. The first-order valence-corrected chi connectivity index (χ1v) is 9.36. The van der Waals surface area contributed by atoms with Crippen LogP contribution in [-0.2, 0) is 0 Å². The molecule has 150 valence electrons. The number of nitrogens with one attached hydrogen (secondary N) is 1. The van der Waals surface area contributed by atoms with Gasteiger partial charge in [-0.2, -0.15) is 0 Å². The van der Waals surface area contributed by atoms with Gasteiger partial charge in [0.05, 0.1) is 18.4 Å². The Morgan fingerprint density at radius 2 is 1.93 bits per heavy atom. The lowest BCUT2D eigenvalue weighted by Gasteiger charge is -2.26. The van der Waals surface area contributed by atoms with Crippen LogP contribution in [0, 0.1) is 11.6 Å². The number of methoxy groups -OCH3 is 1. The van der Waals surface area contributed by atoms with E-state index in [0.717, 1.165) is 55.1 Å². The highest BCUT2D eigenvalue weighted by Gasteiger charge is 2.26. The predicted octanol–water partition coefficient (Wildman–Crippen LogP) is 4.80. The minimum atomic E-state index is -0.912. The fraction of sp³-hybridized carbons (Fsp3) is 0.364. The molecule has 0 spiro atoms. The Morgan fingerprint density at radius 1 is 1.14 bits per heavy atom. The normalized spacial score (nSPS) is 19.8. The van der Waals surface area contributed by atoms with Crippen LogP contribution in [-0.4, -0.2) is 30.9 Å².